The van der Waals surface area contributed by atoms with Gasteiger partial charge in [0.05, 0.1) is 6.42 Å². The topological polar surface area (TPSA) is 76.1 Å². The number of phenolic OH excluding ortho intramolecular Hbond substituents is 1. The van der Waals surface area contributed by atoms with E-state index in [0.717, 1.165) is 18.8 Å². The van der Waals surface area contributed by atoms with Gasteiger partial charge >= 0.3 is 0 Å². The van der Waals surface area contributed by atoms with Crippen LogP contribution in [0.3, 0.4) is 0 Å². The van der Waals surface area contributed by atoms with Crippen LogP contribution < -0.4 is 14.4 Å². The average molecular weight is 395 g/mol. The number of nitrogens with zero attached hydrogens (tertiary/aromatic N) is 1. The Morgan fingerprint density at radius 1 is 1.17 bits per heavy atom. The second-order valence-electron chi connectivity index (χ2n) is 8.23. The molecule has 1 saturated heterocycles. The van der Waals surface area contributed by atoms with E-state index in [2.05, 4.69) is 4.90 Å². The summed E-state index contributed by atoms with van der Waals surface area (Å²) in [6, 6.07) is 10.5. The molecule has 0 bridgehead atoms. The molecule has 4 rings (SSSR count). The quantitative estimate of drug-likeness (QED) is 0.772. The fraction of sp³-hybridized carbons (Fsp3) is 0.391. The van der Waals surface area contributed by atoms with Crippen molar-refractivity contribution < 1.29 is 24.2 Å². The molecular formula is C23H25NO5. The van der Waals surface area contributed by atoms with E-state index < -0.39 is 5.60 Å². The molecule has 2 aliphatic rings. The van der Waals surface area contributed by atoms with Gasteiger partial charge in [0, 0.05) is 36.5 Å². The number of aromatic hydroxyl groups is 1. The second kappa shape index (κ2) is 7.43. The molecule has 6 nitrogen and oxygen atoms in total. The maximum Gasteiger partial charge on any atom is 0.200 e. The molecule has 0 amide bonds. The Hall–Kier alpha value is -3.02. The number of carbonyl (C=O) groups excluding carboxylic acids is 2. The second-order valence-corrected chi connectivity index (χ2v) is 8.23. The van der Waals surface area contributed by atoms with Crippen LogP contribution in [-0.2, 0) is 0 Å². The number of carbonyl (C=O) groups is 2. The molecule has 1 fully saturated rings. The number of hydrogen-bond donors (Lipinski definition) is 1. The predicted molar refractivity (Wildman–Crippen MR) is 109 cm³/mol. The minimum atomic E-state index is -0.651. The summed E-state index contributed by atoms with van der Waals surface area (Å²) in [6.07, 6.45) is 2.60. The fourth-order valence-electron chi connectivity index (χ4n) is 3.89. The standard InChI is InChI=1S/C23H25NO5/c1-23(2)13-19(26)22-18(25)11-17(12-21(22)29-23)28-14-20(27)15-5-7-16(8-6-15)24-9-3-4-10-24/h5-8,11-12,25H,3-4,9-10,13-14H2,1-2H3. The first-order valence-corrected chi connectivity index (χ1v) is 9.93. The average Bonchev–Trinajstić information content (AvgIpc) is 3.19. The molecule has 152 valence electrons. The third kappa shape index (κ3) is 4.06. The van der Waals surface area contributed by atoms with Crippen LogP contribution >= 0.6 is 0 Å². The van der Waals surface area contributed by atoms with E-state index in [1.54, 1.807) is 6.07 Å². The number of Topliss-reactive ketones (excluding diaryl/α,β-unsaturated/α-hetero) is 2. The van der Waals surface area contributed by atoms with Gasteiger partial charge in [-0.25, -0.2) is 0 Å². The first kappa shape index (κ1) is 19.3. The van der Waals surface area contributed by atoms with Gasteiger partial charge in [0.25, 0.3) is 0 Å². The highest BCUT2D eigenvalue weighted by Gasteiger charge is 2.35. The summed E-state index contributed by atoms with van der Waals surface area (Å²) in [4.78, 5) is 27.1. The van der Waals surface area contributed by atoms with Crippen LogP contribution in [0.4, 0.5) is 5.69 Å². The van der Waals surface area contributed by atoms with Crippen LogP contribution in [0.25, 0.3) is 0 Å². The number of hydrogen-bond acceptors (Lipinski definition) is 6. The largest absolute Gasteiger partial charge is 0.507 e. The number of anilines is 1. The molecule has 2 aliphatic heterocycles. The van der Waals surface area contributed by atoms with Crippen molar-refractivity contribution in [3.8, 4) is 17.2 Å². The SMILES string of the molecule is CC1(C)CC(=O)c2c(O)cc(OCC(=O)c3ccc(N4CCCC4)cc3)cc2O1. The summed E-state index contributed by atoms with van der Waals surface area (Å²) in [5.74, 6) is 0.0415. The minimum absolute atomic E-state index is 0.160. The Kier molecular flexibility index (Phi) is 4.94. The predicted octanol–water partition coefficient (Wildman–Crippen LogP) is 4.00. The van der Waals surface area contributed by atoms with E-state index in [1.165, 1.54) is 18.9 Å². The first-order valence-electron chi connectivity index (χ1n) is 9.93. The zero-order chi connectivity index (χ0) is 20.6. The molecule has 0 radical (unpaired) electrons. The van der Waals surface area contributed by atoms with E-state index in [0.29, 0.717) is 5.56 Å². The van der Waals surface area contributed by atoms with E-state index in [4.69, 9.17) is 9.47 Å². The van der Waals surface area contributed by atoms with Crippen molar-refractivity contribution in [1.29, 1.82) is 0 Å². The van der Waals surface area contributed by atoms with Crippen molar-refractivity contribution in [2.75, 3.05) is 24.6 Å². The number of fused-ring (bicyclic) bond motifs is 1. The monoisotopic (exact) mass is 395 g/mol. The Morgan fingerprint density at radius 3 is 2.55 bits per heavy atom. The van der Waals surface area contributed by atoms with Gasteiger partial charge in [-0.2, -0.15) is 0 Å². The van der Waals surface area contributed by atoms with Gasteiger partial charge in [-0.15, -0.1) is 0 Å². The normalized spacial score (nSPS) is 17.6. The lowest BCUT2D eigenvalue weighted by atomic mass is 9.92. The molecule has 0 saturated carbocycles. The molecule has 2 aromatic carbocycles. The van der Waals surface area contributed by atoms with Crippen molar-refractivity contribution in [3.63, 3.8) is 0 Å². The van der Waals surface area contributed by atoms with E-state index in [9.17, 15) is 14.7 Å². The van der Waals surface area contributed by atoms with Gasteiger partial charge in [0.1, 0.15) is 28.4 Å². The highest BCUT2D eigenvalue weighted by atomic mass is 16.5. The first-order chi connectivity index (χ1) is 13.8. The summed E-state index contributed by atoms with van der Waals surface area (Å²) in [5, 5.41) is 10.2. The molecule has 29 heavy (non-hydrogen) atoms. The number of phenols is 1. The van der Waals surface area contributed by atoms with Gasteiger partial charge in [-0.1, -0.05) is 0 Å². The van der Waals surface area contributed by atoms with Gasteiger partial charge in [-0.3, -0.25) is 9.59 Å². The molecule has 2 aromatic rings. The summed E-state index contributed by atoms with van der Waals surface area (Å²) in [6.45, 7) is 5.57. The van der Waals surface area contributed by atoms with Crippen LogP contribution in [-0.4, -0.2) is 42.0 Å². The highest BCUT2D eigenvalue weighted by Crippen LogP contribution is 2.40. The third-order valence-corrected chi connectivity index (χ3v) is 5.34. The molecule has 1 N–H and O–H groups in total. The van der Waals surface area contributed by atoms with Crippen molar-refractivity contribution in [3.05, 3.63) is 47.5 Å². The molecule has 0 unspecified atom stereocenters. The van der Waals surface area contributed by atoms with Gasteiger partial charge in [-0.05, 0) is 51.0 Å². The van der Waals surface area contributed by atoms with Crippen LogP contribution in [0.2, 0.25) is 0 Å². The molecule has 0 spiro atoms. The smallest absolute Gasteiger partial charge is 0.200 e. The maximum absolute atomic E-state index is 12.5. The highest BCUT2D eigenvalue weighted by molar-refractivity contribution is 6.03. The lowest BCUT2D eigenvalue weighted by Crippen LogP contribution is -2.35. The Balaban J connectivity index is 1.44. The zero-order valence-corrected chi connectivity index (χ0v) is 16.7. The van der Waals surface area contributed by atoms with Crippen LogP contribution in [0.5, 0.6) is 17.2 Å². The third-order valence-electron chi connectivity index (χ3n) is 5.34. The van der Waals surface area contributed by atoms with Crippen LogP contribution in [0, 0.1) is 0 Å². The van der Waals surface area contributed by atoms with Gasteiger partial charge in [0.15, 0.2) is 18.2 Å². The maximum atomic E-state index is 12.5. The zero-order valence-electron chi connectivity index (χ0n) is 16.7. The fourth-order valence-corrected chi connectivity index (χ4v) is 3.89. The van der Waals surface area contributed by atoms with Gasteiger partial charge in [0.2, 0.25) is 0 Å². The van der Waals surface area contributed by atoms with E-state index in [-0.39, 0.29) is 47.4 Å². The van der Waals surface area contributed by atoms with E-state index in [1.807, 2.05) is 38.1 Å². The van der Waals surface area contributed by atoms with Crippen molar-refractivity contribution >= 4 is 17.3 Å². The van der Waals surface area contributed by atoms with Crippen molar-refractivity contribution in [2.45, 2.75) is 38.7 Å². The lowest BCUT2D eigenvalue weighted by Gasteiger charge is -2.32. The Labute approximate surface area is 170 Å². The van der Waals surface area contributed by atoms with E-state index >= 15 is 0 Å². The van der Waals surface area contributed by atoms with Crippen molar-refractivity contribution in [1.82, 2.24) is 0 Å². The molecule has 0 atom stereocenters. The van der Waals surface area contributed by atoms with Crippen LogP contribution in [0.1, 0.15) is 53.8 Å². The summed E-state index contributed by atoms with van der Waals surface area (Å²) < 4.78 is 11.4. The number of benzene rings is 2. The Morgan fingerprint density at radius 2 is 1.86 bits per heavy atom. The van der Waals surface area contributed by atoms with Crippen molar-refractivity contribution in [2.24, 2.45) is 0 Å². The number of ketones is 2. The number of rotatable bonds is 5. The molecular weight excluding hydrogens is 370 g/mol. The summed E-state index contributed by atoms with van der Waals surface area (Å²) >= 11 is 0. The van der Waals surface area contributed by atoms with Crippen LogP contribution in [0.15, 0.2) is 36.4 Å². The summed E-state index contributed by atoms with van der Waals surface area (Å²) in [5.41, 5.74) is 1.22. The molecule has 2 heterocycles. The lowest BCUT2D eigenvalue weighted by molar-refractivity contribution is 0.0611. The number of ether oxygens (including phenoxy) is 2. The molecule has 0 aliphatic carbocycles. The van der Waals surface area contributed by atoms with Gasteiger partial charge < -0.3 is 19.5 Å². The summed E-state index contributed by atoms with van der Waals surface area (Å²) in [7, 11) is 0. The Bertz CT molecular complexity index is 942. The minimum Gasteiger partial charge on any atom is -0.507 e. The molecule has 6 heteroatoms. The molecule has 0 aromatic heterocycles.